The molecule has 0 saturated heterocycles. The van der Waals surface area contributed by atoms with E-state index in [1.165, 1.54) is 0 Å². The van der Waals surface area contributed by atoms with Gasteiger partial charge in [-0.2, -0.15) is 0 Å². The van der Waals surface area contributed by atoms with Gasteiger partial charge in [-0.25, -0.2) is 0 Å². The van der Waals surface area contributed by atoms with Gasteiger partial charge in [0.05, 0.1) is 12.0 Å². The van der Waals surface area contributed by atoms with Crippen molar-refractivity contribution in [3.63, 3.8) is 0 Å². The van der Waals surface area contributed by atoms with Crippen LogP contribution in [0, 0.1) is 5.92 Å². The molecule has 1 aromatic heterocycles. The second kappa shape index (κ2) is 4.10. The summed E-state index contributed by atoms with van der Waals surface area (Å²) >= 11 is 3.40. The molecule has 3 rings (SSSR count). The molecule has 3 N–H and O–H groups in total. The first-order valence-corrected chi connectivity index (χ1v) is 6.56. The third kappa shape index (κ3) is 1.74. The van der Waals surface area contributed by atoms with Gasteiger partial charge in [0.15, 0.2) is 0 Å². The number of hydrogen-bond acceptors (Lipinski definition) is 2. The largest absolute Gasteiger partial charge is 0.481 e. The Kier molecular flexibility index (Phi) is 2.68. The summed E-state index contributed by atoms with van der Waals surface area (Å²) in [6.07, 6.45) is 0.0316. The number of aliphatic hydroxyl groups excluding tert-OH is 1. The number of aliphatic hydroxyl groups is 1. The second-order valence-electron chi connectivity index (χ2n) is 4.70. The van der Waals surface area contributed by atoms with E-state index in [0.29, 0.717) is 6.42 Å². The Morgan fingerprint density at radius 3 is 2.94 bits per heavy atom. The summed E-state index contributed by atoms with van der Waals surface area (Å²) in [5, 5.41) is 20.2. The minimum Gasteiger partial charge on any atom is -0.481 e. The highest BCUT2D eigenvalue weighted by Crippen LogP contribution is 2.38. The molecule has 0 amide bonds. The lowest BCUT2D eigenvalue weighted by atomic mass is 9.85. The average molecular weight is 310 g/mol. The van der Waals surface area contributed by atoms with Gasteiger partial charge >= 0.3 is 5.97 Å². The molecule has 1 heterocycles. The topological polar surface area (TPSA) is 73.3 Å². The highest BCUT2D eigenvalue weighted by Gasteiger charge is 2.32. The van der Waals surface area contributed by atoms with Crippen LogP contribution < -0.4 is 0 Å². The molecule has 0 saturated carbocycles. The predicted octanol–water partition coefficient (Wildman–Crippen LogP) is 2.61. The first kappa shape index (κ1) is 11.7. The molecule has 0 bridgehead atoms. The van der Waals surface area contributed by atoms with E-state index in [2.05, 4.69) is 20.9 Å². The number of nitrogens with one attached hydrogen (secondary N) is 1. The monoisotopic (exact) mass is 309 g/mol. The van der Waals surface area contributed by atoms with E-state index >= 15 is 0 Å². The Hall–Kier alpha value is -1.33. The van der Waals surface area contributed by atoms with Crippen molar-refractivity contribution in [2.45, 2.75) is 18.9 Å². The van der Waals surface area contributed by atoms with Crippen molar-refractivity contribution in [1.29, 1.82) is 0 Å². The summed E-state index contributed by atoms with van der Waals surface area (Å²) in [5.74, 6) is -1.36. The van der Waals surface area contributed by atoms with E-state index in [1.54, 1.807) is 0 Å². The summed E-state index contributed by atoms with van der Waals surface area (Å²) in [5.41, 5.74) is 2.63. The fourth-order valence-electron chi connectivity index (χ4n) is 2.69. The smallest absolute Gasteiger partial charge is 0.306 e. The first-order valence-electron chi connectivity index (χ1n) is 5.77. The van der Waals surface area contributed by atoms with E-state index in [1.807, 2.05) is 18.2 Å². The molecule has 1 aliphatic rings. The molecule has 0 radical (unpaired) electrons. The number of H-pyrrole nitrogens is 1. The van der Waals surface area contributed by atoms with Gasteiger partial charge in [0.2, 0.25) is 0 Å². The Balaban J connectivity index is 2.15. The van der Waals surface area contributed by atoms with Crippen LogP contribution in [0.1, 0.15) is 23.8 Å². The van der Waals surface area contributed by atoms with Gasteiger partial charge in [-0.15, -0.1) is 0 Å². The lowest BCUT2D eigenvalue weighted by Gasteiger charge is -2.23. The maximum absolute atomic E-state index is 11.0. The van der Waals surface area contributed by atoms with Crippen LogP contribution in [0.2, 0.25) is 0 Å². The van der Waals surface area contributed by atoms with Crippen LogP contribution in [0.3, 0.4) is 0 Å². The lowest BCUT2D eigenvalue weighted by molar-refractivity contribution is -0.143. The normalized spacial score (nSPS) is 23.0. The van der Waals surface area contributed by atoms with Crippen LogP contribution in [-0.4, -0.2) is 21.2 Å². The fourth-order valence-corrected chi connectivity index (χ4v) is 3.06. The minimum atomic E-state index is -0.848. The van der Waals surface area contributed by atoms with Crippen molar-refractivity contribution in [2.75, 3.05) is 0 Å². The Morgan fingerprint density at radius 1 is 1.44 bits per heavy atom. The molecule has 2 unspecified atom stereocenters. The molecule has 0 fully saturated rings. The van der Waals surface area contributed by atoms with Crippen LogP contribution >= 0.6 is 15.9 Å². The Labute approximate surface area is 112 Å². The van der Waals surface area contributed by atoms with E-state index in [-0.39, 0.29) is 6.42 Å². The highest BCUT2D eigenvalue weighted by molar-refractivity contribution is 9.10. The van der Waals surface area contributed by atoms with Crippen LogP contribution in [-0.2, 0) is 11.2 Å². The molecule has 2 atom stereocenters. The van der Waals surface area contributed by atoms with E-state index in [9.17, 15) is 9.90 Å². The van der Waals surface area contributed by atoms with Crippen molar-refractivity contribution in [1.82, 2.24) is 4.98 Å². The highest BCUT2D eigenvalue weighted by atomic mass is 79.9. The standard InChI is InChI=1S/C13H12BrNO3/c14-7-1-2-8-9(5-7)15-10-3-6(13(17)18)4-11(16)12(8)10/h1-2,5-6,11,15-16H,3-4H2,(H,17,18). The molecule has 5 heteroatoms. The number of benzene rings is 1. The summed E-state index contributed by atoms with van der Waals surface area (Å²) < 4.78 is 0.956. The zero-order valence-electron chi connectivity index (χ0n) is 9.48. The van der Waals surface area contributed by atoms with Gasteiger partial charge in [-0.3, -0.25) is 4.79 Å². The second-order valence-corrected chi connectivity index (χ2v) is 5.61. The van der Waals surface area contributed by atoms with E-state index in [0.717, 1.165) is 26.6 Å². The van der Waals surface area contributed by atoms with Crippen LogP contribution in [0.4, 0.5) is 0 Å². The minimum absolute atomic E-state index is 0.283. The number of carboxylic acid groups (broad SMARTS) is 1. The lowest BCUT2D eigenvalue weighted by Crippen LogP contribution is -2.24. The Morgan fingerprint density at radius 2 is 2.22 bits per heavy atom. The number of carboxylic acids is 1. The quantitative estimate of drug-likeness (QED) is 0.758. The average Bonchev–Trinajstić information content (AvgIpc) is 2.66. The van der Waals surface area contributed by atoms with Gasteiger partial charge in [0.25, 0.3) is 0 Å². The van der Waals surface area contributed by atoms with Crippen molar-refractivity contribution in [3.8, 4) is 0 Å². The molecular formula is C13H12BrNO3. The molecule has 4 nitrogen and oxygen atoms in total. The van der Waals surface area contributed by atoms with Crippen molar-refractivity contribution < 1.29 is 15.0 Å². The number of carbonyl (C=O) groups is 1. The maximum Gasteiger partial charge on any atom is 0.306 e. The number of halogens is 1. The molecule has 18 heavy (non-hydrogen) atoms. The molecule has 2 aromatic rings. The van der Waals surface area contributed by atoms with Gasteiger partial charge < -0.3 is 15.2 Å². The summed E-state index contributed by atoms with van der Waals surface area (Å²) in [6, 6.07) is 5.81. The third-order valence-corrected chi connectivity index (χ3v) is 4.02. The molecular weight excluding hydrogens is 298 g/mol. The summed E-state index contributed by atoms with van der Waals surface area (Å²) in [7, 11) is 0. The summed E-state index contributed by atoms with van der Waals surface area (Å²) in [6.45, 7) is 0. The maximum atomic E-state index is 11.0. The number of aromatic nitrogens is 1. The van der Waals surface area contributed by atoms with Crippen LogP contribution in [0.5, 0.6) is 0 Å². The van der Waals surface area contributed by atoms with E-state index < -0.39 is 18.0 Å². The van der Waals surface area contributed by atoms with Crippen molar-refractivity contribution >= 4 is 32.8 Å². The fraction of sp³-hybridized carbons (Fsp3) is 0.308. The van der Waals surface area contributed by atoms with Crippen molar-refractivity contribution in [2.24, 2.45) is 5.92 Å². The Bertz CT molecular complexity index is 634. The van der Waals surface area contributed by atoms with Gasteiger partial charge in [-0.05, 0) is 18.6 Å². The molecule has 1 aromatic carbocycles. The number of rotatable bonds is 1. The van der Waals surface area contributed by atoms with E-state index in [4.69, 9.17) is 5.11 Å². The molecule has 94 valence electrons. The zero-order valence-corrected chi connectivity index (χ0v) is 11.1. The third-order valence-electron chi connectivity index (χ3n) is 3.52. The van der Waals surface area contributed by atoms with Crippen molar-refractivity contribution in [3.05, 3.63) is 33.9 Å². The first-order chi connectivity index (χ1) is 8.56. The SMILES string of the molecule is O=C(O)C1Cc2[nH]c3cc(Br)ccc3c2C(O)C1. The zero-order chi connectivity index (χ0) is 12.9. The van der Waals surface area contributed by atoms with Gasteiger partial charge in [0, 0.05) is 33.1 Å². The number of hydrogen-bond donors (Lipinski definition) is 3. The van der Waals surface area contributed by atoms with Crippen LogP contribution in [0.25, 0.3) is 10.9 Å². The molecule has 0 spiro atoms. The van der Waals surface area contributed by atoms with Crippen LogP contribution in [0.15, 0.2) is 22.7 Å². The predicted molar refractivity (Wildman–Crippen MR) is 70.4 cm³/mol. The summed E-state index contributed by atoms with van der Waals surface area (Å²) in [4.78, 5) is 14.3. The van der Waals surface area contributed by atoms with Gasteiger partial charge in [0.1, 0.15) is 0 Å². The number of fused-ring (bicyclic) bond motifs is 3. The molecule has 0 aliphatic heterocycles. The molecule has 1 aliphatic carbocycles. The number of aromatic amines is 1. The van der Waals surface area contributed by atoms with Gasteiger partial charge in [-0.1, -0.05) is 22.0 Å². The number of aliphatic carboxylic acids is 1.